The Balaban J connectivity index is 1.99. The lowest BCUT2D eigenvalue weighted by atomic mass is 10.3. The Morgan fingerprint density at radius 1 is 1.16 bits per heavy atom. The minimum atomic E-state index is -4.34. The number of hydrazine groups is 1. The van der Waals surface area contributed by atoms with Crippen molar-refractivity contribution in [2.24, 2.45) is 0 Å². The van der Waals surface area contributed by atoms with E-state index in [4.69, 9.17) is 16.3 Å². The van der Waals surface area contributed by atoms with Crippen molar-refractivity contribution in [2.75, 3.05) is 0 Å². The van der Waals surface area contributed by atoms with Gasteiger partial charge in [-0.2, -0.15) is 0 Å². The summed E-state index contributed by atoms with van der Waals surface area (Å²) >= 11 is 5.56. The molecule has 1 atom stereocenters. The van der Waals surface area contributed by atoms with Crippen LogP contribution in [0.2, 0.25) is 5.02 Å². The van der Waals surface area contributed by atoms with E-state index in [1.165, 1.54) is 25.1 Å². The first-order chi connectivity index (χ1) is 11.7. The van der Waals surface area contributed by atoms with Gasteiger partial charge in [-0.1, -0.05) is 11.6 Å². The van der Waals surface area contributed by atoms with Gasteiger partial charge in [0, 0.05) is 5.02 Å². The number of carbonyl (C=O) groups is 1. The van der Waals surface area contributed by atoms with Gasteiger partial charge in [-0.05, 0) is 49.4 Å². The Hall–Kier alpha value is -2.23. The molecule has 2 rings (SSSR count). The third kappa shape index (κ3) is 5.12. The molecule has 1 amide bonds. The van der Waals surface area contributed by atoms with Crippen molar-refractivity contribution in [3.63, 3.8) is 0 Å². The second-order valence-corrected chi connectivity index (χ2v) is 6.97. The van der Waals surface area contributed by atoms with Crippen molar-refractivity contribution in [3.8, 4) is 5.75 Å². The number of hydrogen-bond acceptors (Lipinski definition) is 4. The van der Waals surface area contributed by atoms with Crippen molar-refractivity contribution in [2.45, 2.75) is 17.9 Å². The van der Waals surface area contributed by atoms with Gasteiger partial charge < -0.3 is 4.74 Å². The molecule has 0 saturated carbocycles. The van der Waals surface area contributed by atoms with Gasteiger partial charge in [-0.25, -0.2) is 17.2 Å². The normalized spacial score (nSPS) is 12.5. The Labute approximate surface area is 147 Å². The highest BCUT2D eigenvalue weighted by molar-refractivity contribution is 7.89. The van der Waals surface area contributed by atoms with Crippen LogP contribution in [0.4, 0.5) is 8.78 Å². The van der Waals surface area contributed by atoms with Crippen LogP contribution < -0.4 is 15.0 Å². The first-order valence-electron chi connectivity index (χ1n) is 6.88. The molecule has 25 heavy (non-hydrogen) atoms. The van der Waals surface area contributed by atoms with Gasteiger partial charge in [0.15, 0.2) is 6.10 Å². The number of ether oxygens (including phenoxy) is 1. The SMILES string of the molecule is C[C@H](Oc1ccc(F)cc1)C(=O)NNS(=O)(=O)c1ccc(Cl)cc1F. The van der Waals surface area contributed by atoms with E-state index in [1.54, 1.807) is 4.83 Å². The summed E-state index contributed by atoms with van der Waals surface area (Å²) in [5.41, 5.74) is 1.92. The van der Waals surface area contributed by atoms with Crippen LogP contribution in [-0.2, 0) is 14.8 Å². The second kappa shape index (κ2) is 7.77. The van der Waals surface area contributed by atoms with E-state index in [0.29, 0.717) is 0 Å². The summed E-state index contributed by atoms with van der Waals surface area (Å²) in [5.74, 6) is -2.15. The van der Waals surface area contributed by atoms with Crippen molar-refractivity contribution < 1.29 is 26.7 Å². The lowest BCUT2D eigenvalue weighted by Gasteiger charge is -2.15. The van der Waals surface area contributed by atoms with Crippen LogP contribution in [-0.4, -0.2) is 20.4 Å². The fourth-order valence-corrected chi connectivity index (χ4v) is 2.80. The van der Waals surface area contributed by atoms with Gasteiger partial charge in [0.05, 0.1) is 0 Å². The van der Waals surface area contributed by atoms with E-state index >= 15 is 0 Å². The second-order valence-electron chi connectivity index (χ2n) is 4.88. The number of rotatable bonds is 6. The lowest BCUT2D eigenvalue weighted by Crippen LogP contribution is -2.47. The quantitative estimate of drug-likeness (QED) is 0.742. The largest absolute Gasteiger partial charge is 0.481 e. The molecule has 0 saturated heterocycles. The summed E-state index contributed by atoms with van der Waals surface area (Å²) in [7, 11) is -4.34. The van der Waals surface area contributed by atoms with Crippen LogP contribution in [0.25, 0.3) is 0 Å². The first-order valence-corrected chi connectivity index (χ1v) is 8.74. The van der Waals surface area contributed by atoms with Gasteiger partial charge in [-0.3, -0.25) is 10.2 Å². The Morgan fingerprint density at radius 2 is 1.80 bits per heavy atom. The minimum absolute atomic E-state index is 0.0294. The molecule has 0 aromatic heterocycles. The molecule has 2 aromatic carbocycles. The molecule has 0 bridgehead atoms. The molecule has 134 valence electrons. The smallest absolute Gasteiger partial charge is 0.275 e. The van der Waals surface area contributed by atoms with Crippen LogP contribution >= 0.6 is 11.6 Å². The monoisotopic (exact) mass is 390 g/mol. The third-order valence-corrected chi connectivity index (χ3v) is 4.50. The molecular weight excluding hydrogens is 378 g/mol. The summed E-state index contributed by atoms with van der Waals surface area (Å²) in [6, 6.07) is 7.90. The highest BCUT2D eigenvalue weighted by Crippen LogP contribution is 2.18. The Morgan fingerprint density at radius 3 is 2.40 bits per heavy atom. The topological polar surface area (TPSA) is 84.5 Å². The predicted octanol–water partition coefficient (Wildman–Crippen LogP) is 2.40. The molecule has 2 aromatic rings. The number of hydrogen-bond donors (Lipinski definition) is 2. The highest BCUT2D eigenvalue weighted by atomic mass is 35.5. The fourth-order valence-electron chi connectivity index (χ4n) is 1.74. The molecule has 0 aliphatic rings. The van der Waals surface area contributed by atoms with E-state index in [2.05, 4.69) is 0 Å². The van der Waals surface area contributed by atoms with Gasteiger partial charge in [-0.15, -0.1) is 4.83 Å². The van der Waals surface area contributed by atoms with Gasteiger partial charge in [0.1, 0.15) is 22.3 Å². The molecule has 0 unspecified atom stereocenters. The number of nitrogens with one attached hydrogen (secondary N) is 2. The number of amides is 1. The van der Waals surface area contributed by atoms with Crippen LogP contribution in [0.3, 0.4) is 0 Å². The van der Waals surface area contributed by atoms with Crippen LogP contribution in [0, 0.1) is 11.6 Å². The number of sulfonamides is 1. The zero-order valence-electron chi connectivity index (χ0n) is 12.8. The molecule has 0 fully saturated rings. The number of halogens is 3. The molecular formula is C15H13ClF2N2O4S. The van der Waals surface area contributed by atoms with Crippen LogP contribution in [0.1, 0.15) is 6.92 Å². The molecule has 2 N–H and O–H groups in total. The Kier molecular flexibility index (Phi) is 5.93. The summed E-state index contributed by atoms with van der Waals surface area (Å²) in [6.07, 6.45) is -1.09. The number of benzene rings is 2. The lowest BCUT2D eigenvalue weighted by molar-refractivity contribution is -0.127. The van der Waals surface area contributed by atoms with Gasteiger partial charge in [0.25, 0.3) is 15.9 Å². The Bertz CT molecular complexity index is 876. The molecule has 0 radical (unpaired) electrons. The molecule has 6 nitrogen and oxygen atoms in total. The molecule has 0 spiro atoms. The average Bonchev–Trinajstić information content (AvgIpc) is 2.54. The maximum absolute atomic E-state index is 13.7. The zero-order valence-corrected chi connectivity index (χ0v) is 14.4. The van der Waals surface area contributed by atoms with Crippen LogP contribution in [0.5, 0.6) is 5.75 Å². The first kappa shape index (κ1) is 19.1. The van der Waals surface area contributed by atoms with Crippen molar-refractivity contribution in [1.82, 2.24) is 10.3 Å². The van der Waals surface area contributed by atoms with E-state index in [0.717, 1.165) is 24.3 Å². The van der Waals surface area contributed by atoms with E-state index in [-0.39, 0.29) is 10.8 Å². The standard InChI is InChI=1S/C15H13ClF2N2O4S/c1-9(24-12-5-3-11(17)4-6-12)15(21)19-20-25(22,23)14-7-2-10(16)8-13(14)18/h2-9,20H,1H3,(H,19,21)/t9-/m0/s1. The number of carbonyl (C=O) groups excluding carboxylic acids is 1. The van der Waals surface area contributed by atoms with Crippen molar-refractivity contribution in [1.29, 1.82) is 0 Å². The maximum Gasteiger partial charge on any atom is 0.275 e. The van der Waals surface area contributed by atoms with Gasteiger partial charge >= 0.3 is 0 Å². The molecule has 0 aliphatic carbocycles. The summed E-state index contributed by atoms with van der Waals surface area (Å²) in [4.78, 5) is 13.0. The predicted molar refractivity (Wildman–Crippen MR) is 86.4 cm³/mol. The van der Waals surface area contributed by atoms with Gasteiger partial charge in [0.2, 0.25) is 0 Å². The minimum Gasteiger partial charge on any atom is -0.481 e. The fraction of sp³-hybridized carbons (Fsp3) is 0.133. The van der Waals surface area contributed by atoms with E-state index in [9.17, 15) is 22.0 Å². The van der Waals surface area contributed by atoms with E-state index in [1.807, 2.05) is 5.43 Å². The summed E-state index contributed by atoms with van der Waals surface area (Å²) in [5, 5.41) is 0.0294. The van der Waals surface area contributed by atoms with Crippen molar-refractivity contribution in [3.05, 3.63) is 59.1 Å². The summed E-state index contributed by atoms with van der Waals surface area (Å²) in [6.45, 7) is 1.36. The van der Waals surface area contributed by atoms with Crippen LogP contribution in [0.15, 0.2) is 47.4 Å². The van der Waals surface area contributed by atoms with E-state index < -0.39 is 38.6 Å². The zero-order chi connectivity index (χ0) is 18.6. The maximum atomic E-state index is 13.7. The average molecular weight is 391 g/mol. The highest BCUT2D eigenvalue weighted by Gasteiger charge is 2.22. The van der Waals surface area contributed by atoms with Crippen molar-refractivity contribution >= 4 is 27.5 Å². The summed E-state index contributed by atoms with van der Waals surface area (Å²) < 4.78 is 55.7. The molecule has 0 aliphatic heterocycles. The third-order valence-electron chi connectivity index (χ3n) is 2.99. The molecule has 10 heteroatoms. The molecule has 0 heterocycles.